The van der Waals surface area contributed by atoms with Gasteiger partial charge in [-0.15, -0.1) is 0 Å². The van der Waals surface area contributed by atoms with Crippen LogP contribution in [0.4, 0.5) is 0 Å². The lowest BCUT2D eigenvalue weighted by atomic mass is 10.2. The van der Waals surface area contributed by atoms with Gasteiger partial charge in [0.05, 0.1) is 20.1 Å². The Morgan fingerprint density at radius 2 is 1.89 bits per heavy atom. The van der Waals surface area contributed by atoms with E-state index in [1.807, 2.05) is 0 Å². The largest absolute Gasteiger partial charge is 0.480 e. The molecule has 0 rings (SSSR count). The van der Waals surface area contributed by atoms with Gasteiger partial charge in [0.25, 0.3) is 0 Å². The van der Waals surface area contributed by atoms with Crippen molar-refractivity contribution in [2.75, 3.05) is 20.7 Å². The number of carbonyl (C=O) groups excluding carboxylic acids is 3. The molecule has 0 radical (unpaired) electrons. The monoisotopic (exact) mass is 260 g/mol. The van der Waals surface area contributed by atoms with E-state index in [0.717, 1.165) is 12.0 Å². The van der Waals surface area contributed by atoms with Crippen molar-refractivity contribution >= 4 is 23.8 Å². The number of hydrogen-bond acceptors (Lipinski definition) is 5. The standard InChI is InChI=1S/C10H16N2O6/c1-6(13)12(2)5-8(14)11-7(10(16)17)4-9(15)18-3/h7H,4-5H2,1-3H3,(H,11,14)(H,16,17)/t7-/m0/s1. The van der Waals surface area contributed by atoms with Crippen LogP contribution in [-0.4, -0.2) is 60.5 Å². The molecule has 0 unspecified atom stereocenters. The quantitative estimate of drug-likeness (QED) is 0.568. The van der Waals surface area contributed by atoms with E-state index >= 15 is 0 Å². The summed E-state index contributed by atoms with van der Waals surface area (Å²) in [5.74, 6) is -3.09. The molecule has 1 atom stereocenters. The molecule has 18 heavy (non-hydrogen) atoms. The normalized spacial score (nSPS) is 11.3. The molecule has 0 aromatic heterocycles. The number of carboxylic acids is 1. The zero-order chi connectivity index (χ0) is 14.3. The molecule has 8 nitrogen and oxygen atoms in total. The van der Waals surface area contributed by atoms with E-state index in [-0.39, 0.29) is 12.5 Å². The molecule has 0 aliphatic carbocycles. The minimum absolute atomic E-state index is 0.277. The summed E-state index contributed by atoms with van der Waals surface area (Å²) in [6, 6.07) is -1.37. The van der Waals surface area contributed by atoms with E-state index in [2.05, 4.69) is 10.1 Å². The highest BCUT2D eigenvalue weighted by Crippen LogP contribution is 1.96. The first-order valence-electron chi connectivity index (χ1n) is 5.08. The smallest absolute Gasteiger partial charge is 0.326 e. The summed E-state index contributed by atoms with van der Waals surface area (Å²) in [5.41, 5.74) is 0. The second-order valence-electron chi connectivity index (χ2n) is 3.61. The van der Waals surface area contributed by atoms with Crippen LogP contribution >= 0.6 is 0 Å². The summed E-state index contributed by atoms with van der Waals surface area (Å²) in [7, 11) is 2.52. The molecular formula is C10H16N2O6. The minimum Gasteiger partial charge on any atom is -0.480 e. The van der Waals surface area contributed by atoms with Crippen LogP contribution in [0.3, 0.4) is 0 Å². The molecule has 0 aliphatic heterocycles. The maximum absolute atomic E-state index is 11.4. The van der Waals surface area contributed by atoms with Crippen molar-refractivity contribution in [3.63, 3.8) is 0 Å². The number of carboxylic acid groups (broad SMARTS) is 1. The van der Waals surface area contributed by atoms with Gasteiger partial charge >= 0.3 is 11.9 Å². The molecule has 0 spiro atoms. The summed E-state index contributed by atoms with van der Waals surface area (Å²) in [4.78, 5) is 45.2. The van der Waals surface area contributed by atoms with Gasteiger partial charge in [0.2, 0.25) is 11.8 Å². The van der Waals surface area contributed by atoms with E-state index in [1.165, 1.54) is 14.0 Å². The Labute approximate surface area is 104 Å². The number of hydrogen-bond donors (Lipinski definition) is 2. The van der Waals surface area contributed by atoms with Crippen molar-refractivity contribution in [3.05, 3.63) is 0 Å². The van der Waals surface area contributed by atoms with Gasteiger partial charge in [-0.3, -0.25) is 14.4 Å². The Balaban J connectivity index is 4.41. The van der Waals surface area contributed by atoms with E-state index in [9.17, 15) is 19.2 Å². The average Bonchev–Trinajstić information content (AvgIpc) is 2.27. The lowest BCUT2D eigenvalue weighted by molar-refractivity contribution is -0.149. The van der Waals surface area contributed by atoms with Crippen LogP contribution < -0.4 is 5.32 Å². The Hall–Kier alpha value is -2.12. The van der Waals surface area contributed by atoms with E-state index in [1.54, 1.807) is 0 Å². The number of esters is 1. The number of carbonyl (C=O) groups is 4. The first-order valence-corrected chi connectivity index (χ1v) is 5.08. The third-order valence-electron chi connectivity index (χ3n) is 2.15. The summed E-state index contributed by atoms with van der Waals surface area (Å²) in [6.45, 7) is 0.997. The Bertz CT molecular complexity index is 354. The molecule has 0 heterocycles. The van der Waals surface area contributed by atoms with Crippen molar-refractivity contribution < 1.29 is 29.0 Å². The van der Waals surface area contributed by atoms with Gasteiger partial charge in [-0.05, 0) is 0 Å². The van der Waals surface area contributed by atoms with Crippen LogP contribution in [0.1, 0.15) is 13.3 Å². The zero-order valence-corrected chi connectivity index (χ0v) is 10.4. The van der Waals surface area contributed by atoms with E-state index in [4.69, 9.17) is 5.11 Å². The van der Waals surface area contributed by atoms with Gasteiger partial charge in [-0.2, -0.15) is 0 Å². The Morgan fingerprint density at radius 3 is 2.28 bits per heavy atom. The zero-order valence-electron chi connectivity index (χ0n) is 10.4. The van der Waals surface area contributed by atoms with Crippen LogP contribution in [-0.2, 0) is 23.9 Å². The fourth-order valence-corrected chi connectivity index (χ4v) is 1.02. The second-order valence-corrected chi connectivity index (χ2v) is 3.61. The summed E-state index contributed by atoms with van der Waals surface area (Å²) in [6.07, 6.45) is -0.471. The van der Waals surface area contributed by atoms with Gasteiger partial charge in [-0.25, -0.2) is 4.79 Å². The first kappa shape index (κ1) is 15.9. The number of ether oxygens (including phenoxy) is 1. The van der Waals surface area contributed by atoms with Gasteiger partial charge < -0.3 is 20.1 Å². The van der Waals surface area contributed by atoms with Crippen molar-refractivity contribution in [1.82, 2.24) is 10.2 Å². The second kappa shape index (κ2) is 7.25. The highest BCUT2D eigenvalue weighted by molar-refractivity contribution is 5.89. The molecule has 0 aliphatic rings. The third kappa shape index (κ3) is 5.83. The number of aliphatic carboxylic acids is 1. The molecule has 2 amide bonds. The minimum atomic E-state index is -1.37. The fraction of sp³-hybridized carbons (Fsp3) is 0.600. The summed E-state index contributed by atoms with van der Waals surface area (Å²) < 4.78 is 4.31. The predicted octanol–water partition coefficient (Wildman–Crippen LogP) is -1.40. The molecule has 8 heteroatoms. The Kier molecular flexibility index (Phi) is 6.40. The third-order valence-corrected chi connectivity index (χ3v) is 2.15. The number of nitrogens with one attached hydrogen (secondary N) is 1. The first-order chi connectivity index (χ1) is 8.27. The molecule has 0 saturated carbocycles. The number of rotatable bonds is 6. The molecule has 0 saturated heterocycles. The molecule has 0 aromatic rings. The van der Waals surface area contributed by atoms with Crippen molar-refractivity contribution in [1.29, 1.82) is 0 Å². The number of nitrogens with zero attached hydrogens (tertiary/aromatic N) is 1. The van der Waals surface area contributed by atoms with Crippen molar-refractivity contribution in [2.45, 2.75) is 19.4 Å². The number of amides is 2. The van der Waals surface area contributed by atoms with Gasteiger partial charge in [0.1, 0.15) is 6.04 Å². The van der Waals surface area contributed by atoms with Crippen LogP contribution in [0, 0.1) is 0 Å². The topological polar surface area (TPSA) is 113 Å². The van der Waals surface area contributed by atoms with Crippen molar-refractivity contribution in [2.24, 2.45) is 0 Å². The Morgan fingerprint density at radius 1 is 1.33 bits per heavy atom. The van der Waals surface area contributed by atoms with Gasteiger partial charge in [0.15, 0.2) is 0 Å². The lowest BCUT2D eigenvalue weighted by Gasteiger charge is -2.17. The molecule has 102 valence electrons. The van der Waals surface area contributed by atoms with Crippen LogP contribution in [0.25, 0.3) is 0 Å². The molecule has 2 N–H and O–H groups in total. The van der Waals surface area contributed by atoms with Crippen LogP contribution in [0.5, 0.6) is 0 Å². The molecule has 0 bridgehead atoms. The molecule has 0 fully saturated rings. The summed E-state index contributed by atoms with van der Waals surface area (Å²) in [5, 5.41) is 10.9. The molecule has 0 aromatic carbocycles. The lowest BCUT2D eigenvalue weighted by Crippen LogP contribution is -2.46. The number of methoxy groups -OCH3 is 1. The molecular weight excluding hydrogens is 244 g/mol. The number of likely N-dealkylation sites (N-methyl/N-ethyl adjacent to an activating group) is 1. The summed E-state index contributed by atoms with van der Waals surface area (Å²) >= 11 is 0. The maximum Gasteiger partial charge on any atom is 0.326 e. The SMILES string of the molecule is COC(=O)C[C@H](NC(=O)CN(C)C(C)=O)C(=O)O. The van der Waals surface area contributed by atoms with Crippen molar-refractivity contribution in [3.8, 4) is 0 Å². The maximum atomic E-state index is 11.4. The highest BCUT2D eigenvalue weighted by Gasteiger charge is 2.24. The fourth-order valence-electron chi connectivity index (χ4n) is 1.02. The van der Waals surface area contributed by atoms with Crippen LogP contribution in [0.15, 0.2) is 0 Å². The highest BCUT2D eigenvalue weighted by atomic mass is 16.5. The van der Waals surface area contributed by atoms with Crippen LogP contribution in [0.2, 0.25) is 0 Å². The predicted molar refractivity (Wildman–Crippen MR) is 59.5 cm³/mol. The average molecular weight is 260 g/mol. The van der Waals surface area contributed by atoms with Gasteiger partial charge in [0, 0.05) is 14.0 Å². The van der Waals surface area contributed by atoms with Gasteiger partial charge in [-0.1, -0.05) is 0 Å². The van der Waals surface area contributed by atoms with E-state index in [0.29, 0.717) is 0 Å². The van der Waals surface area contributed by atoms with E-state index < -0.39 is 30.3 Å².